The van der Waals surface area contributed by atoms with Gasteiger partial charge in [0, 0.05) is 42.0 Å². The summed E-state index contributed by atoms with van der Waals surface area (Å²) < 4.78 is 4.86. The van der Waals surface area contributed by atoms with Gasteiger partial charge in [-0.15, -0.1) is 0 Å². The summed E-state index contributed by atoms with van der Waals surface area (Å²) in [6.45, 7) is 0.105. The van der Waals surface area contributed by atoms with Crippen LogP contribution in [0.2, 0.25) is 0 Å². The van der Waals surface area contributed by atoms with Crippen molar-refractivity contribution in [1.82, 2.24) is 4.90 Å². The van der Waals surface area contributed by atoms with Gasteiger partial charge in [-0.05, 0) is 30.3 Å². The molecule has 2 aromatic carbocycles. The van der Waals surface area contributed by atoms with E-state index < -0.39 is 27.6 Å². The second-order valence-electron chi connectivity index (χ2n) is 7.14. The van der Waals surface area contributed by atoms with Crippen molar-refractivity contribution in [3.63, 3.8) is 0 Å². The van der Waals surface area contributed by atoms with E-state index in [1.54, 1.807) is 24.1 Å². The Morgan fingerprint density at radius 1 is 1.03 bits per heavy atom. The lowest BCUT2D eigenvalue weighted by atomic mass is 9.88. The zero-order chi connectivity index (χ0) is 23.4. The first-order valence-corrected chi connectivity index (χ1v) is 9.45. The Kier molecular flexibility index (Phi) is 6.55. The summed E-state index contributed by atoms with van der Waals surface area (Å²) in [5, 5.41) is 22.1. The number of hydrogen-bond donors (Lipinski definition) is 0. The normalized spacial score (nSPS) is 19.2. The Balaban J connectivity index is 2.09. The highest BCUT2D eigenvalue weighted by Crippen LogP contribution is 2.28. The van der Waals surface area contributed by atoms with Crippen molar-refractivity contribution in [3.8, 4) is 0 Å². The van der Waals surface area contributed by atoms with Crippen LogP contribution in [0.4, 0.5) is 11.4 Å². The fourth-order valence-electron chi connectivity index (χ4n) is 3.49. The number of nitro benzene ring substituents is 2. The number of Topliss-reactive ketones (excluding diaryl/α,β-unsaturated/α-hetero) is 1. The van der Waals surface area contributed by atoms with Gasteiger partial charge in [0.1, 0.15) is 6.04 Å². The Hall–Kier alpha value is -4.18. The minimum absolute atomic E-state index is 0.0859. The van der Waals surface area contributed by atoms with Crippen molar-refractivity contribution in [2.75, 3.05) is 20.7 Å². The van der Waals surface area contributed by atoms with E-state index in [2.05, 4.69) is 0 Å². The maximum Gasteiger partial charge on any atom is 0.327 e. The molecule has 0 spiro atoms. The average Bonchev–Trinajstić information content (AvgIpc) is 2.77. The number of methoxy groups -OCH3 is 1. The number of nitro groups is 2. The fourth-order valence-corrected chi connectivity index (χ4v) is 3.49. The molecule has 0 bridgehead atoms. The van der Waals surface area contributed by atoms with Gasteiger partial charge in [0.05, 0.1) is 17.0 Å². The van der Waals surface area contributed by atoms with Crippen LogP contribution >= 0.6 is 0 Å². The number of esters is 1. The van der Waals surface area contributed by atoms with Gasteiger partial charge in [0.25, 0.3) is 11.4 Å². The summed E-state index contributed by atoms with van der Waals surface area (Å²) >= 11 is 0. The van der Waals surface area contributed by atoms with E-state index in [4.69, 9.17) is 4.74 Å². The third kappa shape index (κ3) is 4.76. The van der Waals surface area contributed by atoms with E-state index in [1.165, 1.54) is 55.7 Å². The molecule has 0 aromatic heterocycles. The zero-order valence-electron chi connectivity index (χ0n) is 17.3. The molecule has 3 rings (SSSR count). The molecule has 1 aliphatic rings. The third-order valence-corrected chi connectivity index (χ3v) is 4.96. The number of nitrogens with zero attached hydrogens (tertiary/aromatic N) is 3. The van der Waals surface area contributed by atoms with Gasteiger partial charge in [-0.25, -0.2) is 4.79 Å². The lowest BCUT2D eigenvalue weighted by molar-refractivity contribution is -0.385. The summed E-state index contributed by atoms with van der Waals surface area (Å²) in [7, 11) is 2.84. The second-order valence-corrected chi connectivity index (χ2v) is 7.14. The highest BCUT2D eigenvalue weighted by atomic mass is 16.6. The van der Waals surface area contributed by atoms with E-state index in [1.807, 2.05) is 0 Å². The first kappa shape index (κ1) is 22.5. The summed E-state index contributed by atoms with van der Waals surface area (Å²) in [5.74, 6) is -1.09. The van der Waals surface area contributed by atoms with Gasteiger partial charge in [0.2, 0.25) is 0 Å². The van der Waals surface area contributed by atoms with Crippen LogP contribution in [0.15, 0.2) is 59.7 Å². The van der Waals surface area contributed by atoms with Gasteiger partial charge < -0.3 is 4.74 Å². The number of hydrogen-bond acceptors (Lipinski definition) is 8. The number of likely N-dealkylation sites (N-methyl/N-ethyl adjacent to an activating group) is 1. The van der Waals surface area contributed by atoms with Crippen LogP contribution in [0.3, 0.4) is 0 Å². The number of benzene rings is 2. The molecule has 0 radical (unpaired) electrons. The fraction of sp³-hybridized carbons (Fsp3) is 0.182. The molecule has 1 atom stereocenters. The minimum Gasteiger partial charge on any atom is -0.468 e. The van der Waals surface area contributed by atoms with Crippen LogP contribution in [0.25, 0.3) is 12.2 Å². The van der Waals surface area contributed by atoms with Crippen LogP contribution in [-0.4, -0.2) is 53.2 Å². The van der Waals surface area contributed by atoms with Gasteiger partial charge >= 0.3 is 5.97 Å². The highest BCUT2D eigenvalue weighted by Gasteiger charge is 2.38. The molecule has 0 amide bonds. The molecule has 0 aliphatic carbocycles. The zero-order valence-corrected chi connectivity index (χ0v) is 17.3. The summed E-state index contributed by atoms with van der Waals surface area (Å²) in [5.41, 5.74) is 0.963. The molecule has 1 heterocycles. The summed E-state index contributed by atoms with van der Waals surface area (Å²) in [4.78, 5) is 48.4. The van der Waals surface area contributed by atoms with E-state index in [9.17, 15) is 29.8 Å². The standard InChI is InChI=1S/C22H19N3O7/c1-23-13-16(9-14-5-3-7-17(10-14)24(28)29)21(26)19(20(23)22(27)32-2)12-15-6-4-8-18(11-15)25(30)31/h3-12,20H,13H2,1-2H3/b16-9+,19-12-. The van der Waals surface area contributed by atoms with Crippen molar-refractivity contribution in [1.29, 1.82) is 0 Å². The molecular formula is C22H19N3O7. The molecule has 10 heteroatoms. The molecular weight excluding hydrogens is 418 g/mol. The number of non-ortho nitro benzene ring substituents is 2. The molecule has 1 aliphatic heterocycles. The Morgan fingerprint density at radius 3 is 2.06 bits per heavy atom. The highest BCUT2D eigenvalue weighted by molar-refractivity contribution is 6.18. The first-order valence-electron chi connectivity index (χ1n) is 9.45. The van der Waals surface area contributed by atoms with Gasteiger partial charge in [-0.1, -0.05) is 24.3 Å². The largest absolute Gasteiger partial charge is 0.468 e. The van der Waals surface area contributed by atoms with Crippen LogP contribution in [0, 0.1) is 20.2 Å². The van der Waals surface area contributed by atoms with Crippen molar-refractivity contribution >= 4 is 35.3 Å². The predicted octanol–water partition coefficient (Wildman–Crippen LogP) is 3.03. The molecule has 32 heavy (non-hydrogen) atoms. The van der Waals surface area contributed by atoms with E-state index in [-0.39, 0.29) is 23.5 Å². The molecule has 0 N–H and O–H groups in total. The van der Waals surface area contributed by atoms with Crippen molar-refractivity contribution in [3.05, 3.63) is 91.0 Å². The smallest absolute Gasteiger partial charge is 0.327 e. The van der Waals surface area contributed by atoms with Crippen molar-refractivity contribution < 1.29 is 24.2 Å². The molecule has 1 fully saturated rings. The van der Waals surface area contributed by atoms with Gasteiger partial charge in [0.15, 0.2) is 5.78 Å². The maximum absolute atomic E-state index is 13.3. The van der Waals surface area contributed by atoms with Crippen molar-refractivity contribution in [2.45, 2.75) is 6.04 Å². The monoisotopic (exact) mass is 437 g/mol. The SMILES string of the molecule is COC(=O)C1/C(=C/c2cccc([N+](=O)[O-])c2)C(=O)/C(=C/c2cccc([N+](=O)[O-])c2)CN1C. The summed E-state index contributed by atoms with van der Waals surface area (Å²) in [6.07, 6.45) is 2.95. The molecule has 2 aromatic rings. The average molecular weight is 437 g/mol. The van der Waals surface area contributed by atoms with E-state index in [0.717, 1.165) is 0 Å². The Labute approximate surface area is 182 Å². The van der Waals surface area contributed by atoms with E-state index >= 15 is 0 Å². The van der Waals surface area contributed by atoms with Crippen LogP contribution < -0.4 is 0 Å². The molecule has 1 unspecified atom stereocenters. The first-order chi connectivity index (χ1) is 15.2. The predicted molar refractivity (Wildman–Crippen MR) is 116 cm³/mol. The van der Waals surface area contributed by atoms with Crippen LogP contribution in [-0.2, 0) is 14.3 Å². The quantitative estimate of drug-likeness (QED) is 0.302. The number of piperidine rings is 1. The Morgan fingerprint density at radius 2 is 1.56 bits per heavy atom. The molecule has 0 saturated carbocycles. The number of rotatable bonds is 5. The maximum atomic E-state index is 13.3. The molecule has 164 valence electrons. The minimum atomic E-state index is -1.01. The number of likely N-dealkylation sites (tertiary alicyclic amines) is 1. The lowest BCUT2D eigenvalue weighted by Gasteiger charge is -2.33. The molecule has 10 nitrogen and oxygen atoms in total. The number of ketones is 1. The van der Waals surface area contributed by atoms with E-state index in [0.29, 0.717) is 16.7 Å². The Bertz CT molecular complexity index is 1170. The number of carbonyl (C=O) groups excluding carboxylic acids is 2. The van der Waals surface area contributed by atoms with Gasteiger partial charge in [-0.2, -0.15) is 0 Å². The third-order valence-electron chi connectivity index (χ3n) is 4.96. The van der Waals surface area contributed by atoms with Gasteiger partial charge in [-0.3, -0.25) is 29.9 Å². The topological polar surface area (TPSA) is 133 Å². The summed E-state index contributed by atoms with van der Waals surface area (Å²) in [6, 6.07) is 10.5. The van der Waals surface area contributed by atoms with Crippen LogP contribution in [0.5, 0.6) is 0 Å². The van der Waals surface area contributed by atoms with Crippen LogP contribution in [0.1, 0.15) is 11.1 Å². The van der Waals surface area contributed by atoms with Crippen molar-refractivity contribution in [2.24, 2.45) is 0 Å². The number of ether oxygens (including phenoxy) is 1. The molecule has 1 saturated heterocycles. The number of carbonyl (C=O) groups is 2. The lowest BCUT2D eigenvalue weighted by Crippen LogP contribution is -2.48. The second kappa shape index (κ2) is 9.31.